The van der Waals surface area contributed by atoms with E-state index in [9.17, 15) is 0 Å². The molecular weight excluding hydrogens is 218 g/mol. The molecule has 4 heteroatoms. The minimum absolute atomic E-state index is 0.247. The number of hydrogen-bond acceptors (Lipinski definition) is 3. The van der Waals surface area contributed by atoms with Crippen molar-refractivity contribution in [1.29, 1.82) is 0 Å². The fourth-order valence-electron chi connectivity index (χ4n) is 1.71. The summed E-state index contributed by atoms with van der Waals surface area (Å²) in [4.78, 5) is 0. The Labute approximate surface area is 101 Å². The summed E-state index contributed by atoms with van der Waals surface area (Å²) in [5, 5.41) is 12.7. The molecule has 3 nitrogen and oxygen atoms in total. The van der Waals surface area contributed by atoms with Crippen LogP contribution in [-0.4, -0.2) is 39.2 Å². The van der Waals surface area contributed by atoms with Crippen molar-refractivity contribution >= 4 is 8.32 Å². The van der Waals surface area contributed by atoms with Gasteiger partial charge in [0.1, 0.15) is 0 Å². The van der Waals surface area contributed by atoms with E-state index < -0.39 is 8.32 Å². The fraction of sp³-hybridized carbons (Fsp3) is 1.00. The highest BCUT2D eigenvalue weighted by Gasteiger charge is 2.38. The molecule has 0 saturated carbocycles. The van der Waals surface area contributed by atoms with Crippen LogP contribution in [0.2, 0.25) is 18.1 Å². The number of aliphatic hydroxyl groups excluding tert-OH is 1. The zero-order chi connectivity index (χ0) is 12.4. The molecule has 1 heterocycles. The van der Waals surface area contributed by atoms with Crippen molar-refractivity contribution in [2.24, 2.45) is 5.92 Å². The van der Waals surface area contributed by atoms with Gasteiger partial charge in [0.25, 0.3) is 0 Å². The SMILES string of the molecule is CC(C)(C)[Si](C)(C)OCC1CN[C@H](CO)C1. The molecule has 0 radical (unpaired) electrons. The molecule has 1 aliphatic rings. The molecule has 2 atom stereocenters. The first-order valence-electron chi connectivity index (χ1n) is 6.24. The van der Waals surface area contributed by atoms with E-state index in [0.29, 0.717) is 5.92 Å². The van der Waals surface area contributed by atoms with E-state index in [2.05, 4.69) is 39.2 Å². The van der Waals surface area contributed by atoms with Crippen molar-refractivity contribution in [3.63, 3.8) is 0 Å². The molecule has 0 bridgehead atoms. The number of rotatable bonds is 4. The predicted octanol–water partition coefficient (Wildman–Crippen LogP) is 1.98. The lowest BCUT2D eigenvalue weighted by Gasteiger charge is -2.36. The molecule has 1 saturated heterocycles. The highest BCUT2D eigenvalue weighted by atomic mass is 28.4. The van der Waals surface area contributed by atoms with Crippen LogP contribution >= 0.6 is 0 Å². The summed E-state index contributed by atoms with van der Waals surface area (Å²) in [6, 6.07) is 0.285. The first-order chi connectivity index (χ1) is 7.26. The molecule has 1 rings (SSSR count). The van der Waals surface area contributed by atoms with Gasteiger partial charge in [-0.3, -0.25) is 0 Å². The topological polar surface area (TPSA) is 41.5 Å². The number of aliphatic hydroxyl groups is 1. The molecule has 0 aromatic carbocycles. The van der Waals surface area contributed by atoms with Crippen molar-refractivity contribution in [3.05, 3.63) is 0 Å². The molecular formula is C12H27NO2Si. The summed E-state index contributed by atoms with van der Waals surface area (Å²) in [6.07, 6.45) is 1.05. The summed E-state index contributed by atoms with van der Waals surface area (Å²) < 4.78 is 6.19. The van der Waals surface area contributed by atoms with E-state index in [4.69, 9.17) is 9.53 Å². The van der Waals surface area contributed by atoms with Crippen molar-refractivity contribution in [1.82, 2.24) is 5.32 Å². The van der Waals surface area contributed by atoms with Gasteiger partial charge in [-0.15, -0.1) is 0 Å². The van der Waals surface area contributed by atoms with Gasteiger partial charge in [0.05, 0.1) is 6.61 Å². The van der Waals surface area contributed by atoms with Crippen LogP contribution in [0.5, 0.6) is 0 Å². The minimum Gasteiger partial charge on any atom is -0.416 e. The van der Waals surface area contributed by atoms with Crippen LogP contribution in [0.4, 0.5) is 0 Å². The van der Waals surface area contributed by atoms with Gasteiger partial charge in [0.15, 0.2) is 8.32 Å². The molecule has 0 aromatic rings. The van der Waals surface area contributed by atoms with Crippen LogP contribution in [0.3, 0.4) is 0 Å². The maximum absolute atomic E-state index is 9.05. The van der Waals surface area contributed by atoms with Crippen molar-refractivity contribution in [2.75, 3.05) is 19.8 Å². The lowest BCUT2D eigenvalue weighted by Crippen LogP contribution is -2.42. The lowest BCUT2D eigenvalue weighted by atomic mass is 10.1. The van der Waals surface area contributed by atoms with Gasteiger partial charge in [0, 0.05) is 19.2 Å². The van der Waals surface area contributed by atoms with E-state index in [1.165, 1.54) is 0 Å². The largest absolute Gasteiger partial charge is 0.416 e. The highest BCUT2D eigenvalue weighted by Crippen LogP contribution is 2.37. The quantitative estimate of drug-likeness (QED) is 0.744. The Hall–Kier alpha value is 0.0969. The third kappa shape index (κ3) is 3.55. The van der Waals surface area contributed by atoms with Crippen LogP contribution < -0.4 is 5.32 Å². The second kappa shape index (κ2) is 5.17. The summed E-state index contributed by atoms with van der Waals surface area (Å²) in [7, 11) is -1.59. The van der Waals surface area contributed by atoms with Crippen LogP contribution in [0.1, 0.15) is 27.2 Å². The van der Waals surface area contributed by atoms with Crippen molar-refractivity contribution < 1.29 is 9.53 Å². The zero-order valence-electron chi connectivity index (χ0n) is 11.3. The van der Waals surface area contributed by atoms with Crippen molar-refractivity contribution in [3.8, 4) is 0 Å². The molecule has 1 aliphatic heterocycles. The van der Waals surface area contributed by atoms with Gasteiger partial charge in [-0.25, -0.2) is 0 Å². The summed E-state index contributed by atoms with van der Waals surface area (Å²) in [5.74, 6) is 0.575. The van der Waals surface area contributed by atoms with Gasteiger partial charge < -0.3 is 14.8 Å². The number of hydrogen-bond donors (Lipinski definition) is 2. The molecule has 16 heavy (non-hydrogen) atoms. The third-order valence-electron chi connectivity index (χ3n) is 4.02. The van der Waals surface area contributed by atoms with Crippen LogP contribution in [0, 0.1) is 5.92 Å². The van der Waals surface area contributed by atoms with Gasteiger partial charge in [-0.05, 0) is 30.5 Å². The summed E-state index contributed by atoms with van der Waals surface area (Å²) in [5.41, 5.74) is 0. The second-order valence-electron chi connectivity index (χ2n) is 6.46. The maximum atomic E-state index is 9.05. The molecule has 0 aromatic heterocycles. The third-order valence-corrected chi connectivity index (χ3v) is 8.52. The number of nitrogens with one attached hydrogen (secondary N) is 1. The van der Waals surface area contributed by atoms with Gasteiger partial charge in [0.2, 0.25) is 0 Å². The Morgan fingerprint density at radius 2 is 2.00 bits per heavy atom. The first-order valence-corrected chi connectivity index (χ1v) is 9.15. The monoisotopic (exact) mass is 245 g/mol. The van der Waals surface area contributed by atoms with E-state index >= 15 is 0 Å². The fourth-order valence-corrected chi connectivity index (χ4v) is 2.80. The Balaban J connectivity index is 2.35. The van der Waals surface area contributed by atoms with E-state index in [0.717, 1.165) is 19.6 Å². The van der Waals surface area contributed by atoms with Gasteiger partial charge in [-0.2, -0.15) is 0 Å². The van der Waals surface area contributed by atoms with E-state index in [1.54, 1.807) is 0 Å². The first kappa shape index (κ1) is 14.2. The summed E-state index contributed by atoms with van der Waals surface area (Å²) >= 11 is 0. The maximum Gasteiger partial charge on any atom is 0.191 e. The predicted molar refractivity (Wildman–Crippen MR) is 70.1 cm³/mol. The van der Waals surface area contributed by atoms with Crippen LogP contribution in [0.15, 0.2) is 0 Å². The standard InChI is InChI=1S/C12H27NO2Si/c1-12(2,3)16(4,5)15-9-10-6-11(8-14)13-7-10/h10-11,13-14H,6-9H2,1-5H3/t10?,11-/m0/s1. The smallest absolute Gasteiger partial charge is 0.191 e. The van der Waals surface area contributed by atoms with E-state index in [-0.39, 0.29) is 17.7 Å². The Kier molecular flexibility index (Phi) is 4.57. The second-order valence-corrected chi connectivity index (χ2v) is 11.3. The zero-order valence-corrected chi connectivity index (χ0v) is 12.3. The molecule has 0 spiro atoms. The Bertz CT molecular complexity index is 226. The average Bonchev–Trinajstić information content (AvgIpc) is 2.60. The Morgan fingerprint density at radius 1 is 1.38 bits per heavy atom. The lowest BCUT2D eigenvalue weighted by molar-refractivity contribution is 0.224. The molecule has 0 amide bonds. The average molecular weight is 245 g/mol. The van der Waals surface area contributed by atoms with Crippen LogP contribution in [-0.2, 0) is 4.43 Å². The van der Waals surface area contributed by atoms with Gasteiger partial charge >= 0.3 is 0 Å². The molecule has 0 aliphatic carbocycles. The molecule has 96 valence electrons. The summed E-state index contributed by atoms with van der Waals surface area (Å²) in [6.45, 7) is 13.5. The normalized spacial score (nSPS) is 27.4. The molecule has 1 unspecified atom stereocenters. The molecule has 2 N–H and O–H groups in total. The van der Waals surface area contributed by atoms with Gasteiger partial charge in [-0.1, -0.05) is 20.8 Å². The van der Waals surface area contributed by atoms with Crippen molar-refractivity contribution in [2.45, 2.75) is 51.4 Å². The van der Waals surface area contributed by atoms with Crippen LogP contribution in [0.25, 0.3) is 0 Å². The Morgan fingerprint density at radius 3 is 2.44 bits per heavy atom. The minimum atomic E-state index is -1.59. The van der Waals surface area contributed by atoms with E-state index in [1.807, 2.05) is 0 Å². The molecule has 1 fully saturated rings. The highest BCUT2D eigenvalue weighted by molar-refractivity contribution is 6.74.